The lowest BCUT2D eigenvalue weighted by molar-refractivity contribution is 0.172. The van der Waals surface area contributed by atoms with E-state index < -0.39 is 0 Å². The van der Waals surface area contributed by atoms with E-state index >= 15 is 0 Å². The number of nitrogens with one attached hydrogen (secondary N) is 2. The second-order valence-corrected chi connectivity index (χ2v) is 8.25. The Hall–Kier alpha value is -1.26. The lowest BCUT2D eigenvalue weighted by Crippen LogP contribution is -2.46. The average Bonchev–Trinajstić information content (AvgIpc) is 3.39. The summed E-state index contributed by atoms with van der Waals surface area (Å²) in [5, 5.41) is 7.13. The minimum Gasteiger partial charge on any atom is -0.497 e. The van der Waals surface area contributed by atoms with E-state index in [1.165, 1.54) is 18.4 Å². The molecule has 0 bridgehead atoms. The number of nitrogens with zero attached hydrogens (tertiary/aromatic N) is 2. The van der Waals surface area contributed by atoms with Gasteiger partial charge in [-0.05, 0) is 48.8 Å². The number of halogens is 1. The van der Waals surface area contributed by atoms with Crippen LogP contribution in [-0.4, -0.2) is 71.5 Å². The van der Waals surface area contributed by atoms with Gasteiger partial charge in [0.25, 0.3) is 0 Å². The van der Waals surface area contributed by atoms with Crippen LogP contribution in [0, 0.1) is 5.41 Å². The summed E-state index contributed by atoms with van der Waals surface area (Å²) in [5.41, 5.74) is 1.61. The molecule has 170 valence electrons. The Labute approximate surface area is 197 Å². The van der Waals surface area contributed by atoms with Crippen molar-refractivity contribution in [3.8, 4) is 11.5 Å². The van der Waals surface area contributed by atoms with Gasteiger partial charge in [0, 0.05) is 59.1 Å². The van der Waals surface area contributed by atoms with Crippen LogP contribution in [0.15, 0.2) is 23.2 Å². The Kier molecular flexibility index (Phi) is 9.96. The zero-order valence-electron chi connectivity index (χ0n) is 18.7. The first-order valence-electron chi connectivity index (χ1n) is 10.5. The smallest absolute Gasteiger partial charge is 0.191 e. The highest BCUT2D eigenvalue weighted by atomic mass is 127. The molecule has 1 heterocycles. The van der Waals surface area contributed by atoms with E-state index in [0.29, 0.717) is 11.5 Å². The number of guanidine groups is 1. The van der Waals surface area contributed by atoms with Gasteiger partial charge in [0.05, 0.1) is 14.2 Å². The van der Waals surface area contributed by atoms with Crippen molar-refractivity contribution in [2.45, 2.75) is 38.3 Å². The molecule has 0 aromatic heterocycles. The largest absolute Gasteiger partial charge is 0.497 e. The zero-order chi connectivity index (χ0) is 20.7. The molecule has 0 radical (unpaired) electrons. The van der Waals surface area contributed by atoms with E-state index in [-0.39, 0.29) is 24.0 Å². The van der Waals surface area contributed by atoms with Crippen molar-refractivity contribution in [1.82, 2.24) is 15.5 Å². The second kappa shape index (κ2) is 12.0. The van der Waals surface area contributed by atoms with Crippen LogP contribution in [0.4, 0.5) is 0 Å². The molecule has 8 heteroatoms. The van der Waals surface area contributed by atoms with Gasteiger partial charge in [-0.1, -0.05) is 0 Å². The van der Waals surface area contributed by atoms with Gasteiger partial charge >= 0.3 is 0 Å². The van der Waals surface area contributed by atoms with E-state index in [9.17, 15) is 0 Å². The predicted molar refractivity (Wildman–Crippen MR) is 131 cm³/mol. The summed E-state index contributed by atoms with van der Waals surface area (Å²) < 4.78 is 16.0. The Balaban J connectivity index is 0.00000320. The van der Waals surface area contributed by atoms with Crippen molar-refractivity contribution in [1.29, 1.82) is 0 Å². The van der Waals surface area contributed by atoms with Gasteiger partial charge in [0.15, 0.2) is 5.96 Å². The Morgan fingerprint density at radius 2 is 1.87 bits per heavy atom. The van der Waals surface area contributed by atoms with Crippen molar-refractivity contribution in [2.24, 2.45) is 10.4 Å². The molecule has 1 saturated carbocycles. The summed E-state index contributed by atoms with van der Waals surface area (Å²) in [6.07, 6.45) is 4.79. The quantitative estimate of drug-likeness (QED) is 0.275. The highest BCUT2D eigenvalue weighted by Crippen LogP contribution is 2.48. The van der Waals surface area contributed by atoms with Crippen LogP contribution in [0.2, 0.25) is 0 Å². The molecule has 1 unspecified atom stereocenters. The van der Waals surface area contributed by atoms with Crippen molar-refractivity contribution in [3.05, 3.63) is 23.8 Å². The Morgan fingerprint density at radius 1 is 1.17 bits per heavy atom. The van der Waals surface area contributed by atoms with Gasteiger partial charge in [-0.2, -0.15) is 0 Å². The fraction of sp³-hybridized carbons (Fsp3) is 0.682. The first-order valence-corrected chi connectivity index (χ1v) is 10.5. The van der Waals surface area contributed by atoms with Crippen LogP contribution < -0.4 is 20.1 Å². The first kappa shape index (κ1) is 25.0. The molecule has 1 aromatic rings. The number of hydrogen-bond acceptors (Lipinski definition) is 5. The van der Waals surface area contributed by atoms with E-state index in [2.05, 4.69) is 32.7 Å². The summed E-state index contributed by atoms with van der Waals surface area (Å²) in [6, 6.07) is 6.48. The predicted octanol–water partition coefficient (Wildman–Crippen LogP) is 2.88. The third-order valence-corrected chi connectivity index (χ3v) is 6.08. The number of aliphatic imine (C=N–C) groups is 1. The number of methoxy groups -OCH3 is 3. The SMILES string of the molecule is CN=C(NCC1(CCOC)CC1)NC1CCN(Cc2cc(OC)cc(OC)c2)C1.I. The summed E-state index contributed by atoms with van der Waals surface area (Å²) in [7, 11) is 7.00. The van der Waals surface area contributed by atoms with Crippen molar-refractivity contribution in [2.75, 3.05) is 54.6 Å². The Bertz CT molecular complexity index is 675. The van der Waals surface area contributed by atoms with Crippen molar-refractivity contribution < 1.29 is 14.2 Å². The molecule has 3 rings (SSSR count). The van der Waals surface area contributed by atoms with Gasteiger partial charge in [-0.25, -0.2) is 0 Å². The van der Waals surface area contributed by atoms with Crippen LogP contribution in [-0.2, 0) is 11.3 Å². The minimum atomic E-state index is 0. The topological polar surface area (TPSA) is 67.4 Å². The molecule has 1 atom stereocenters. The van der Waals surface area contributed by atoms with Crippen LogP contribution in [0.25, 0.3) is 0 Å². The fourth-order valence-electron chi connectivity index (χ4n) is 3.98. The average molecular weight is 532 g/mol. The summed E-state index contributed by atoms with van der Waals surface area (Å²) in [4.78, 5) is 6.89. The molecule has 2 N–H and O–H groups in total. The third-order valence-electron chi connectivity index (χ3n) is 6.08. The van der Waals surface area contributed by atoms with Crippen LogP contribution in [0.5, 0.6) is 11.5 Å². The van der Waals surface area contributed by atoms with Gasteiger partial charge in [0.1, 0.15) is 11.5 Å². The molecule has 2 fully saturated rings. The first-order chi connectivity index (χ1) is 14.1. The van der Waals surface area contributed by atoms with Crippen LogP contribution >= 0.6 is 24.0 Å². The van der Waals surface area contributed by atoms with E-state index in [1.807, 2.05) is 13.1 Å². The van der Waals surface area contributed by atoms with E-state index in [0.717, 1.165) is 63.1 Å². The molecule has 1 saturated heterocycles. The highest BCUT2D eigenvalue weighted by molar-refractivity contribution is 14.0. The van der Waals surface area contributed by atoms with Crippen molar-refractivity contribution in [3.63, 3.8) is 0 Å². The molecule has 1 aromatic carbocycles. The monoisotopic (exact) mass is 532 g/mol. The summed E-state index contributed by atoms with van der Waals surface area (Å²) in [5.74, 6) is 2.57. The lowest BCUT2D eigenvalue weighted by Gasteiger charge is -2.21. The van der Waals surface area contributed by atoms with Gasteiger partial charge < -0.3 is 24.8 Å². The molecular formula is C22H37IN4O3. The standard InChI is InChI=1S/C22H36N4O3.HI/c1-23-21(24-16-22(6-7-22)8-10-27-2)25-18-5-9-26(15-18)14-17-11-19(28-3)13-20(12-17)29-4;/h11-13,18H,5-10,14-16H2,1-4H3,(H2,23,24,25);1H. The maximum atomic E-state index is 5.39. The van der Waals surface area contributed by atoms with Crippen LogP contribution in [0.3, 0.4) is 0 Å². The fourth-order valence-corrected chi connectivity index (χ4v) is 3.98. The summed E-state index contributed by atoms with van der Waals surface area (Å²) >= 11 is 0. The van der Waals surface area contributed by atoms with Gasteiger partial charge in [-0.15, -0.1) is 24.0 Å². The van der Waals surface area contributed by atoms with Gasteiger partial charge in [0.2, 0.25) is 0 Å². The molecule has 1 aliphatic heterocycles. The zero-order valence-corrected chi connectivity index (χ0v) is 21.0. The van der Waals surface area contributed by atoms with E-state index in [4.69, 9.17) is 14.2 Å². The number of rotatable bonds is 10. The number of benzene rings is 1. The highest BCUT2D eigenvalue weighted by Gasteiger charge is 2.42. The molecule has 30 heavy (non-hydrogen) atoms. The number of likely N-dealkylation sites (tertiary alicyclic amines) is 1. The molecule has 0 amide bonds. The second-order valence-electron chi connectivity index (χ2n) is 8.25. The maximum Gasteiger partial charge on any atom is 0.191 e. The number of ether oxygens (including phenoxy) is 3. The Morgan fingerprint density at radius 3 is 2.43 bits per heavy atom. The normalized spacial score (nSPS) is 20.4. The van der Waals surface area contributed by atoms with E-state index in [1.54, 1.807) is 21.3 Å². The third kappa shape index (κ3) is 7.16. The molecule has 2 aliphatic rings. The lowest BCUT2D eigenvalue weighted by atomic mass is 10.0. The maximum absolute atomic E-state index is 5.39. The summed E-state index contributed by atoms with van der Waals surface area (Å²) in [6.45, 7) is 4.75. The molecule has 0 spiro atoms. The van der Waals surface area contributed by atoms with Gasteiger partial charge in [-0.3, -0.25) is 9.89 Å². The minimum absolute atomic E-state index is 0. The van der Waals surface area contributed by atoms with Crippen molar-refractivity contribution >= 4 is 29.9 Å². The molecule has 7 nitrogen and oxygen atoms in total. The van der Waals surface area contributed by atoms with Crippen LogP contribution in [0.1, 0.15) is 31.2 Å². The number of hydrogen-bond donors (Lipinski definition) is 2. The molecular weight excluding hydrogens is 495 g/mol. The molecule has 1 aliphatic carbocycles.